The van der Waals surface area contributed by atoms with E-state index in [2.05, 4.69) is 10.6 Å². The zero-order valence-corrected chi connectivity index (χ0v) is 9.72. The first-order valence-corrected chi connectivity index (χ1v) is 5.57. The molecule has 1 atom stereocenters. The van der Waals surface area contributed by atoms with Crippen LogP contribution in [-0.2, 0) is 9.53 Å². The van der Waals surface area contributed by atoms with Gasteiger partial charge in [0, 0.05) is 31.6 Å². The van der Waals surface area contributed by atoms with Gasteiger partial charge in [0.2, 0.25) is 0 Å². The third-order valence-corrected chi connectivity index (χ3v) is 3.21. The van der Waals surface area contributed by atoms with Gasteiger partial charge in [-0.1, -0.05) is 0 Å². The Morgan fingerprint density at radius 3 is 2.33 bits per heavy atom. The van der Waals surface area contributed by atoms with Gasteiger partial charge in [0.25, 0.3) is 0 Å². The van der Waals surface area contributed by atoms with Crippen molar-refractivity contribution in [2.24, 2.45) is 11.3 Å². The maximum atomic E-state index is 12.0. The largest absolute Gasteiger partial charge is 0.460 e. The number of esters is 1. The molecule has 86 valence electrons. The summed E-state index contributed by atoms with van der Waals surface area (Å²) >= 11 is 0. The molecule has 1 spiro atoms. The van der Waals surface area contributed by atoms with Crippen LogP contribution in [0.4, 0.5) is 0 Å². The van der Waals surface area contributed by atoms with Crippen molar-refractivity contribution in [3.63, 3.8) is 0 Å². The molecule has 1 unspecified atom stereocenters. The van der Waals surface area contributed by atoms with E-state index in [0.29, 0.717) is 0 Å². The quantitative estimate of drug-likeness (QED) is 0.607. The maximum Gasteiger partial charge on any atom is 0.311 e. The minimum Gasteiger partial charge on any atom is -0.460 e. The molecule has 2 fully saturated rings. The van der Waals surface area contributed by atoms with Crippen LogP contribution in [0.15, 0.2) is 0 Å². The van der Waals surface area contributed by atoms with E-state index in [4.69, 9.17) is 4.74 Å². The molecule has 2 N–H and O–H groups in total. The Morgan fingerprint density at radius 1 is 1.27 bits per heavy atom. The highest BCUT2D eigenvalue weighted by atomic mass is 16.6. The van der Waals surface area contributed by atoms with E-state index in [9.17, 15) is 4.79 Å². The van der Waals surface area contributed by atoms with Crippen LogP contribution in [0.25, 0.3) is 0 Å². The number of nitrogens with one attached hydrogen (secondary N) is 2. The average Bonchev–Trinajstić information content (AvgIpc) is 2.42. The van der Waals surface area contributed by atoms with Crippen LogP contribution in [0.5, 0.6) is 0 Å². The molecule has 4 heteroatoms. The highest BCUT2D eigenvalue weighted by Crippen LogP contribution is 2.36. The van der Waals surface area contributed by atoms with Crippen molar-refractivity contribution < 1.29 is 9.53 Å². The van der Waals surface area contributed by atoms with Gasteiger partial charge in [0.05, 0.1) is 5.92 Å². The smallest absolute Gasteiger partial charge is 0.311 e. The Kier molecular flexibility index (Phi) is 2.51. The second-order valence-corrected chi connectivity index (χ2v) is 5.68. The summed E-state index contributed by atoms with van der Waals surface area (Å²) < 4.78 is 5.45. The van der Waals surface area contributed by atoms with Crippen LogP contribution in [-0.4, -0.2) is 37.7 Å². The van der Waals surface area contributed by atoms with Gasteiger partial charge in [-0.15, -0.1) is 0 Å². The molecular formula is C11H20N2O2. The number of carbonyl (C=O) groups is 1. The monoisotopic (exact) mass is 212 g/mol. The van der Waals surface area contributed by atoms with Crippen LogP contribution in [0, 0.1) is 11.3 Å². The minimum absolute atomic E-state index is 0.0259. The van der Waals surface area contributed by atoms with Gasteiger partial charge in [-0.2, -0.15) is 0 Å². The van der Waals surface area contributed by atoms with Gasteiger partial charge >= 0.3 is 5.97 Å². The summed E-state index contributed by atoms with van der Waals surface area (Å²) in [5.41, 5.74) is -0.250. The Labute approximate surface area is 90.8 Å². The zero-order valence-electron chi connectivity index (χ0n) is 9.72. The first-order chi connectivity index (χ1) is 6.93. The van der Waals surface area contributed by atoms with Crippen LogP contribution in [0.2, 0.25) is 0 Å². The van der Waals surface area contributed by atoms with E-state index in [1.54, 1.807) is 0 Å². The van der Waals surface area contributed by atoms with Crippen molar-refractivity contribution in [3.8, 4) is 0 Å². The molecule has 4 nitrogen and oxygen atoms in total. The molecule has 0 aliphatic carbocycles. The SMILES string of the molecule is CC(C)(C)OC(=O)C1CNCC12CNC2. The molecule has 0 bridgehead atoms. The first-order valence-electron chi connectivity index (χ1n) is 5.57. The van der Waals surface area contributed by atoms with Gasteiger partial charge in [-0.3, -0.25) is 4.79 Å². The Hall–Kier alpha value is -0.610. The molecule has 2 rings (SSSR count). The minimum atomic E-state index is -0.377. The van der Waals surface area contributed by atoms with Gasteiger partial charge in [-0.25, -0.2) is 0 Å². The standard InChI is InChI=1S/C11H20N2O2/c1-10(2,3)15-9(14)8-4-12-5-11(8)6-13-7-11/h8,12-13H,4-7H2,1-3H3. The fraction of sp³-hybridized carbons (Fsp3) is 0.909. The van der Waals surface area contributed by atoms with Crippen molar-refractivity contribution in [3.05, 3.63) is 0 Å². The lowest BCUT2D eigenvalue weighted by Crippen LogP contribution is -2.59. The van der Waals surface area contributed by atoms with Gasteiger partial charge < -0.3 is 15.4 Å². The lowest BCUT2D eigenvalue weighted by molar-refractivity contribution is -0.164. The lowest BCUT2D eigenvalue weighted by atomic mass is 9.73. The van der Waals surface area contributed by atoms with Crippen molar-refractivity contribution in [2.45, 2.75) is 26.4 Å². The number of hydrogen-bond acceptors (Lipinski definition) is 4. The molecule has 0 aromatic carbocycles. The molecular weight excluding hydrogens is 192 g/mol. The van der Waals surface area contributed by atoms with E-state index in [1.807, 2.05) is 20.8 Å². The van der Waals surface area contributed by atoms with Gasteiger partial charge in [0.1, 0.15) is 5.60 Å². The van der Waals surface area contributed by atoms with Gasteiger partial charge in [0.15, 0.2) is 0 Å². The number of hydrogen-bond donors (Lipinski definition) is 2. The van der Waals surface area contributed by atoms with E-state index >= 15 is 0 Å². The summed E-state index contributed by atoms with van der Waals surface area (Å²) in [5.74, 6) is -0.0213. The maximum absolute atomic E-state index is 12.0. The van der Waals surface area contributed by atoms with Crippen LogP contribution < -0.4 is 10.6 Å². The molecule has 0 saturated carbocycles. The van der Waals surface area contributed by atoms with Crippen molar-refractivity contribution in [1.29, 1.82) is 0 Å². The molecule has 2 aliphatic heterocycles. The number of rotatable bonds is 1. The predicted octanol–water partition coefficient (Wildman–Crippen LogP) is 0.137. The Balaban J connectivity index is 2.01. The fourth-order valence-electron chi connectivity index (χ4n) is 2.33. The van der Waals surface area contributed by atoms with Crippen LogP contribution in [0.1, 0.15) is 20.8 Å². The third-order valence-electron chi connectivity index (χ3n) is 3.21. The highest BCUT2D eigenvalue weighted by Gasteiger charge is 2.51. The number of carbonyl (C=O) groups excluding carboxylic acids is 1. The normalized spacial score (nSPS) is 28.9. The first kappa shape index (κ1) is 10.9. The Morgan fingerprint density at radius 2 is 1.87 bits per heavy atom. The molecule has 0 radical (unpaired) electrons. The predicted molar refractivity (Wildman–Crippen MR) is 57.5 cm³/mol. The van der Waals surface area contributed by atoms with Crippen molar-refractivity contribution in [1.82, 2.24) is 10.6 Å². The molecule has 0 aromatic rings. The highest BCUT2D eigenvalue weighted by molar-refractivity contribution is 5.75. The van der Waals surface area contributed by atoms with Crippen molar-refractivity contribution in [2.75, 3.05) is 26.2 Å². The zero-order chi connectivity index (χ0) is 11.1. The third kappa shape index (κ3) is 2.01. The summed E-state index contributed by atoms with van der Waals surface area (Å²) in [6, 6.07) is 0. The van der Waals surface area contributed by atoms with E-state index in [-0.39, 0.29) is 22.9 Å². The van der Waals surface area contributed by atoms with E-state index in [1.165, 1.54) is 0 Å². The lowest BCUT2D eigenvalue weighted by Gasteiger charge is -2.42. The summed E-state index contributed by atoms with van der Waals surface area (Å²) in [6.45, 7) is 9.31. The molecule has 2 aliphatic rings. The molecule has 2 heterocycles. The molecule has 0 amide bonds. The van der Waals surface area contributed by atoms with E-state index < -0.39 is 0 Å². The van der Waals surface area contributed by atoms with Crippen LogP contribution in [0.3, 0.4) is 0 Å². The fourth-order valence-corrected chi connectivity index (χ4v) is 2.33. The molecule has 15 heavy (non-hydrogen) atoms. The van der Waals surface area contributed by atoms with Gasteiger partial charge in [-0.05, 0) is 20.8 Å². The topological polar surface area (TPSA) is 50.4 Å². The van der Waals surface area contributed by atoms with E-state index in [0.717, 1.165) is 26.2 Å². The second kappa shape index (κ2) is 3.46. The summed E-state index contributed by atoms with van der Waals surface area (Å²) in [6.07, 6.45) is 0. The summed E-state index contributed by atoms with van der Waals surface area (Å²) in [5, 5.41) is 6.53. The van der Waals surface area contributed by atoms with Crippen molar-refractivity contribution >= 4 is 5.97 Å². The Bertz CT molecular complexity index is 266. The second-order valence-electron chi connectivity index (χ2n) is 5.68. The summed E-state index contributed by atoms with van der Waals surface area (Å²) in [7, 11) is 0. The summed E-state index contributed by atoms with van der Waals surface area (Å²) in [4.78, 5) is 12.0. The van der Waals surface area contributed by atoms with Crippen LogP contribution >= 0.6 is 0 Å². The number of ether oxygens (including phenoxy) is 1. The average molecular weight is 212 g/mol. The molecule has 2 saturated heterocycles. The molecule has 0 aromatic heterocycles.